The Morgan fingerprint density at radius 1 is 1.03 bits per heavy atom. The van der Waals surface area contributed by atoms with E-state index in [4.69, 9.17) is 42.1 Å². The topological polar surface area (TPSA) is 61.2 Å². The molecule has 2 saturated heterocycles. The van der Waals surface area contributed by atoms with Crippen LogP contribution in [0.15, 0.2) is 61.2 Å². The lowest BCUT2D eigenvalue weighted by Gasteiger charge is -2.32. The quantitative estimate of drug-likeness (QED) is 0.378. The molecule has 0 N–H and O–H groups in total. The van der Waals surface area contributed by atoms with Crippen molar-refractivity contribution in [1.82, 2.24) is 19.4 Å². The molecule has 0 aliphatic carbocycles. The second kappa shape index (κ2) is 12.0. The first kappa shape index (κ1) is 26.3. The lowest BCUT2D eigenvalue weighted by molar-refractivity contribution is -0.189. The van der Waals surface area contributed by atoms with Crippen molar-refractivity contribution in [2.24, 2.45) is 0 Å². The Morgan fingerprint density at radius 3 is 2.49 bits per heavy atom. The number of benzene rings is 2. The van der Waals surface area contributed by atoms with Gasteiger partial charge in [-0.2, -0.15) is 0 Å². The smallest absolute Gasteiger partial charge is 0.215 e. The maximum atomic E-state index is 6.54. The van der Waals surface area contributed by atoms with Crippen LogP contribution < -0.4 is 9.47 Å². The van der Waals surface area contributed by atoms with Gasteiger partial charge in [-0.3, -0.25) is 4.90 Å². The molecule has 2 aliphatic rings. The highest BCUT2D eigenvalue weighted by molar-refractivity contribution is 6.35. The zero-order valence-corrected chi connectivity index (χ0v) is 22.4. The van der Waals surface area contributed by atoms with E-state index in [1.165, 1.54) is 0 Å². The highest BCUT2D eigenvalue weighted by Crippen LogP contribution is 2.40. The molecule has 1 aromatic heterocycles. The maximum absolute atomic E-state index is 6.54. The van der Waals surface area contributed by atoms with E-state index >= 15 is 0 Å². The fraction of sp³-hybridized carbons (Fsp3) is 0.444. The van der Waals surface area contributed by atoms with Gasteiger partial charge in [-0.25, -0.2) is 4.98 Å². The Kier molecular flexibility index (Phi) is 8.54. The van der Waals surface area contributed by atoms with Crippen LogP contribution in [0.2, 0.25) is 10.0 Å². The average Bonchev–Trinajstić information content (AvgIpc) is 3.55. The minimum absolute atomic E-state index is 0.283. The molecule has 0 saturated carbocycles. The third kappa shape index (κ3) is 6.76. The first-order valence-electron chi connectivity index (χ1n) is 12.5. The van der Waals surface area contributed by atoms with Gasteiger partial charge in [0.1, 0.15) is 30.8 Å². The van der Waals surface area contributed by atoms with E-state index < -0.39 is 5.79 Å². The number of ether oxygens (including phenoxy) is 4. The Hall–Kier alpha value is -2.33. The van der Waals surface area contributed by atoms with Crippen molar-refractivity contribution in [1.29, 1.82) is 0 Å². The van der Waals surface area contributed by atoms with Crippen LogP contribution in [0.5, 0.6) is 11.5 Å². The standard InChI is InChI=1S/C27H32Cl2N4O4/c1-31-10-12-32(13-11-31)14-15-34-22-3-5-23(6-4-22)35-17-24-18-36-27(37-24,19-33-9-8-30-20-33)25-7-2-21(28)16-26(25)29/h2-9,16,20,24H,10-15,17-19H2,1H3. The lowest BCUT2D eigenvalue weighted by Crippen LogP contribution is -2.45. The summed E-state index contributed by atoms with van der Waals surface area (Å²) >= 11 is 12.7. The van der Waals surface area contributed by atoms with Crippen LogP contribution in [0.1, 0.15) is 5.56 Å². The number of nitrogens with zero attached hydrogens (tertiary/aromatic N) is 4. The second-order valence-corrected chi connectivity index (χ2v) is 10.3. The van der Waals surface area contributed by atoms with Gasteiger partial charge in [0, 0.05) is 55.7 Å². The van der Waals surface area contributed by atoms with E-state index in [1.54, 1.807) is 24.7 Å². The van der Waals surface area contributed by atoms with Crippen LogP contribution >= 0.6 is 23.2 Å². The number of piperazine rings is 1. The summed E-state index contributed by atoms with van der Waals surface area (Å²) in [5.74, 6) is 0.503. The first-order valence-corrected chi connectivity index (χ1v) is 13.2. The zero-order chi connectivity index (χ0) is 25.7. The molecule has 37 heavy (non-hydrogen) atoms. The number of hydrogen-bond acceptors (Lipinski definition) is 7. The van der Waals surface area contributed by atoms with E-state index in [9.17, 15) is 0 Å². The van der Waals surface area contributed by atoms with Crippen molar-refractivity contribution in [2.45, 2.75) is 18.4 Å². The summed E-state index contributed by atoms with van der Waals surface area (Å²) in [5, 5.41) is 1.04. The van der Waals surface area contributed by atoms with Gasteiger partial charge in [0.15, 0.2) is 0 Å². The van der Waals surface area contributed by atoms with Gasteiger partial charge in [-0.1, -0.05) is 29.3 Å². The summed E-state index contributed by atoms with van der Waals surface area (Å²) in [4.78, 5) is 8.92. The number of aromatic nitrogens is 2. The van der Waals surface area contributed by atoms with Crippen molar-refractivity contribution in [3.63, 3.8) is 0 Å². The van der Waals surface area contributed by atoms with Crippen LogP contribution in [-0.2, 0) is 21.8 Å². The predicted molar refractivity (Wildman–Crippen MR) is 143 cm³/mol. The Bertz CT molecular complexity index is 1140. The van der Waals surface area contributed by atoms with Crippen LogP contribution in [0.3, 0.4) is 0 Å². The second-order valence-electron chi connectivity index (χ2n) is 9.44. The Morgan fingerprint density at radius 2 is 1.78 bits per heavy atom. The largest absolute Gasteiger partial charge is 0.492 e. The molecule has 198 valence electrons. The normalized spacial score (nSPS) is 22.8. The molecule has 10 heteroatoms. The lowest BCUT2D eigenvalue weighted by atomic mass is 10.1. The summed E-state index contributed by atoms with van der Waals surface area (Å²) in [6.07, 6.45) is 5.01. The third-order valence-electron chi connectivity index (χ3n) is 6.68. The molecule has 8 nitrogen and oxygen atoms in total. The van der Waals surface area contributed by atoms with Crippen molar-refractivity contribution >= 4 is 23.2 Å². The summed E-state index contributed by atoms with van der Waals surface area (Å²) < 4.78 is 26.5. The van der Waals surface area contributed by atoms with Gasteiger partial charge < -0.3 is 28.4 Å². The van der Waals surface area contributed by atoms with Crippen molar-refractivity contribution in [3.8, 4) is 11.5 Å². The van der Waals surface area contributed by atoms with Crippen molar-refractivity contribution in [2.75, 3.05) is 59.6 Å². The highest BCUT2D eigenvalue weighted by atomic mass is 35.5. The molecule has 3 aromatic rings. The number of halogens is 2. The molecule has 2 unspecified atom stereocenters. The van der Waals surface area contributed by atoms with Gasteiger partial charge in [-0.15, -0.1) is 0 Å². The Balaban J connectivity index is 1.14. The highest BCUT2D eigenvalue weighted by Gasteiger charge is 2.45. The maximum Gasteiger partial charge on any atom is 0.215 e. The average molecular weight is 547 g/mol. The van der Waals surface area contributed by atoms with Crippen LogP contribution in [0, 0.1) is 0 Å². The molecule has 2 aromatic carbocycles. The van der Waals surface area contributed by atoms with Gasteiger partial charge in [-0.05, 0) is 43.4 Å². The molecule has 2 fully saturated rings. The molecule has 3 heterocycles. The molecule has 0 bridgehead atoms. The van der Waals surface area contributed by atoms with E-state index in [0.717, 1.165) is 44.2 Å². The van der Waals surface area contributed by atoms with E-state index in [0.29, 0.717) is 42.0 Å². The number of hydrogen-bond donors (Lipinski definition) is 0. The zero-order valence-electron chi connectivity index (χ0n) is 20.9. The molecule has 0 radical (unpaired) electrons. The summed E-state index contributed by atoms with van der Waals surface area (Å²) in [6, 6.07) is 13.0. The fourth-order valence-corrected chi connectivity index (χ4v) is 5.11. The van der Waals surface area contributed by atoms with Crippen molar-refractivity contribution in [3.05, 3.63) is 76.8 Å². The van der Waals surface area contributed by atoms with E-state index in [-0.39, 0.29) is 6.10 Å². The molecular weight excluding hydrogens is 515 g/mol. The molecule has 5 rings (SSSR count). The fourth-order valence-electron chi connectivity index (χ4n) is 4.56. The summed E-state index contributed by atoms with van der Waals surface area (Å²) in [6.45, 7) is 7.10. The molecule has 0 spiro atoms. The first-order chi connectivity index (χ1) is 18.0. The van der Waals surface area contributed by atoms with Crippen LogP contribution in [-0.4, -0.2) is 85.0 Å². The SMILES string of the molecule is CN1CCN(CCOc2ccc(OCC3COC(Cn4ccnc4)(c4ccc(Cl)cc4Cl)O3)cc2)CC1. The molecule has 2 aliphatic heterocycles. The minimum Gasteiger partial charge on any atom is -0.492 e. The molecular formula is C27H32Cl2N4O4. The minimum atomic E-state index is -1.07. The number of rotatable bonds is 10. The number of likely N-dealkylation sites (N-methyl/N-ethyl adjacent to an activating group) is 1. The van der Waals surface area contributed by atoms with E-state index in [2.05, 4.69) is 21.8 Å². The van der Waals surface area contributed by atoms with Crippen molar-refractivity contribution < 1.29 is 18.9 Å². The molecule has 2 atom stereocenters. The summed E-state index contributed by atoms with van der Waals surface area (Å²) in [7, 11) is 2.16. The van der Waals surface area contributed by atoms with Gasteiger partial charge >= 0.3 is 0 Å². The van der Waals surface area contributed by atoms with Gasteiger partial charge in [0.05, 0.1) is 24.5 Å². The third-order valence-corrected chi connectivity index (χ3v) is 7.23. The monoisotopic (exact) mass is 546 g/mol. The number of imidazole rings is 1. The summed E-state index contributed by atoms with van der Waals surface area (Å²) in [5.41, 5.74) is 0.716. The van der Waals surface area contributed by atoms with Crippen LogP contribution in [0.4, 0.5) is 0 Å². The molecule has 0 amide bonds. The van der Waals surface area contributed by atoms with Gasteiger partial charge in [0.2, 0.25) is 5.79 Å². The van der Waals surface area contributed by atoms with E-state index in [1.807, 2.05) is 41.1 Å². The van der Waals surface area contributed by atoms with Gasteiger partial charge in [0.25, 0.3) is 0 Å². The predicted octanol–water partition coefficient (Wildman–Crippen LogP) is 4.16. The Labute approximate surface area is 227 Å². The van der Waals surface area contributed by atoms with Crippen LogP contribution in [0.25, 0.3) is 0 Å².